The lowest BCUT2D eigenvalue weighted by atomic mass is 10.3. The van der Waals surface area contributed by atoms with Crippen LogP contribution in [0, 0.1) is 0 Å². The maximum absolute atomic E-state index is 12.5. The fraction of sp³-hybridized carbons (Fsp3) is 0.500. The number of anilines is 1. The molecule has 0 unspecified atom stereocenters. The number of furan rings is 1. The maximum atomic E-state index is 12.5. The largest absolute Gasteiger partial charge is 0.448 e. The Morgan fingerprint density at radius 3 is 2.45 bits per heavy atom. The van der Waals surface area contributed by atoms with Crippen molar-refractivity contribution >= 4 is 28.1 Å². The van der Waals surface area contributed by atoms with E-state index in [-0.39, 0.29) is 0 Å². The van der Waals surface area contributed by atoms with E-state index in [1.165, 1.54) is 0 Å². The van der Waals surface area contributed by atoms with E-state index in [1.807, 2.05) is 11.0 Å². The zero-order chi connectivity index (χ0) is 15.7. The minimum Gasteiger partial charge on any atom is -0.448 e. The average molecular weight is 353 g/mol. The summed E-state index contributed by atoms with van der Waals surface area (Å²) >= 11 is 6.30. The number of rotatable bonds is 3. The molecule has 1 fully saturated rings. The number of hydrogen-bond acceptors (Lipinski definition) is 6. The van der Waals surface area contributed by atoms with E-state index < -0.39 is 11.2 Å². The number of halogens is 4. The van der Waals surface area contributed by atoms with Crippen LogP contribution in [0.5, 0.6) is 0 Å². The molecule has 0 aromatic carbocycles. The Labute approximate surface area is 133 Å². The zero-order valence-corrected chi connectivity index (χ0v) is 12.9. The molecular weight excluding hydrogens is 341 g/mol. The second-order valence-electron chi connectivity index (χ2n) is 4.86. The van der Waals surface area contributed by atoms with Crippen molar-refractivity contribution in [3.63, 3.8) is 0 Å². The standard InChI is InChI=1S/C12H12ClF3N4OS/c13-9-2-1-8(21-9)7-19-3-5-20(6-4-19)11-18-17-10(22-11)12(14,15)16/h1-2H,3-7H2. The molecule has 5 nitrogen and oxygen atoms in total. The second kappa shape index (κ2) is 6.05. The lowest BCUT2D eigenvalue weighted by Crippen LogP contribution is -2.45. The number of piperazine rings is 1. The van der Waals surface area contributed by atoms with Crippen LogP contribution in [-0.4, -0.2) is 41.3 Å². The van der Waals surface area contributed by atoms with Gasteiger partial charge in [-0.05, 0) is 23.7 Å². The highest BCUT2D eigenvalue weighted by Gasteiger charge is 2.36. The van der Waals surface area contributed by atoms with Crippen LogP contribution in [0.4, 0.5) is 18.3 Å². The van der Waals surface area contributed by atoms with Gasteiger partial charge < -0.3 is 9.32 Å². The van der Waals surface area contributed by atoms with Gasteiger partial charge in [0.15, 0.2) is 5.22 Å². The summed E-state index contributed by atoms with van der Waals surface area (Å²) in [7, 11) is 0. The molecule has 0 bridgehead atoms. The molecule has 1 aliphatic rings. The lowest BCUT2D eigenvalue weighted by Gasteiger charge is -2.33. The summed E-state index contributed by atoms with van der Waals surface area (Å²) < 4.78 is 42.9. The summed E-state index contributed by atoms with van der Waals surface area (Å²) in [4.78, 5) is 3.97. The topological polar surface area (TPSA) is 45.4 Å². The average Bonchev–Trinajstić information content (AvgIpc) is 3.08. The molecule has 2 aromatic heterocycles. The first-order chi connectivity index (χ1) is 10.4. The van der Waals surface area contributed by atoms with E-state index in [4.69, 9.17) is 16.0 Å². The molecule has 0 aliphatic carbocycles. The molecule has 1 aliphatic heterocycles. The van der Waals surface area contributed by atoms with Gasteiger partial charge in [0.25, 0.3) is 0 Å². The molecule has 0 amide bonds. The summed E-state index contributed by atoms with van der Waals surface area (Å²) in [6, 6.07) is 3.50. The maximum Gasteiger partial charge on any atom is 0.445 e. The first kappa shape index (κ1) is 15.6. The van der Waals surface area contributed by atoms with Crippen molar-refractivity contribution in [2.24, 2.45) is 0 Å². The third kappa shape index (κ3) is 3.53. The predicted molar refractivity (Wildman–Crippen MR) is 76.1 cm³/mol. The highest BCUT2D eigenvalue weighted by molar-refractivity contribution is 7.15. The van der Waals surface area contributed by atoms with Crippen molar-refractivity contribution in [1.82, 2.24) is 15.1 Å². The van der Waals surface area contributed by atoms with Gasteiger partial charge in [-0.15, -0.1) is 10.2 Å². The molecule has 0 spiro atoms. The predicted octanol–water partition coefficient (Wildman–Crippen LogP) is 3.13. The van der Waals surface area contributed by atoms with E-state index in [0.29, 0.717) is 54.4 Å². The molecule has 0 saturated carbocycles. The Kier molecular flexibility index (Phi) is 4.28. The van der Waals surface area contributed by atoms with Gasteiger partial charge in [-0.25, -0.2) is 0 Å². The monoisotopic (exact) mass is 352 g/mol. The SMILES string of the molecule is FC(F)(F)c1nnc(N2CCN(Cc3ccc(Cl)o3)CC2)s1. The number of alkyl halides is 3. The number of aromatic nitrogens is 2. The van der Waals surface area contributed by atoms with Gasteiger partial charge in [-0.3, -0.25) is 4.90 Å². The van der Waals surface area contributed by atoms with E-state index >= 15 is 0 Å². The molecule has 3 rings (SSSR count). The number of hydrogen-bond donors (Lipinski definition) is 0. The molecule has 0 atom stereocenters. The van der Waals surface area contributed by atoms with Crippen LogP contribution >= 0.6 is 22.9 Å². The third-order valence-electron chi connectivity index (χ3n) is 3.31. The lowest BCUT2D eigenvalue weighted by molar-refractivity contribution is -0.138. The van der Waals surface area contributed by atoms with E-state index in [2.05, 4.69) is 15.1 Å². The van der Waals surface area contributed by atoms with E-state index in [0.717, 1.165) is 5.76 Å². The van der Waals surface area contributed by atoms with Crippen LogP contribution in [0.1, 0.15) is 10.8 Å². The fourth-order valence-electron chi connectivity index (χ4n) is 2.21. The van der Waals surface area contributed by atoms with Crippen LogP contribution in [0.2, 0.25) is 5.22 Å². The molecule has 0 radical (unpaired) electrons. The summed E-state index contributed by atoms with van der Waals surface area (Å²) in [5.41, 5.74) is 0. The molecule has 3 heterocycles. The van der Waals surface area contributed by atoms with Crippen molar-refractivity contribution in [1.29, 1.82) is 0 Å². The summed E-state index contributed by atoms with van der Waals surface area (Å²) in [6.45, 7) is 3.24. The van der Waals surface area contributed by atoms with E-state index in [1.54, 1.807) is 6.07 Å². The molecule has 1 saturated heterocycles. The van der Waals surface area contributed by atoms with Crippen LogP contribution in [0.15, 0.2) is 16.5 Å². The van der Waals surface area contributed by atoms with Gasteiger partial charge >= 0.3 is 6.18 Å². The Balaban J connectivity index is 1.56. The van der Waals surface area contributed by atoms with Crippen LogP contribution < -0.4 is 4.90 Å². The van der Waals surface area contributed by atoms with Crippen LogP contribution in [0.25, 0.3) is 0 Å². The first-order valence-corrected chi connectivity index (χ1v) is 7.73. The molecule has 120 valence electrons. The smallest absolute Gasteiger partial charge is 0.445 e. The Hall–Kier alpha value is -1.32. The highest BCUT2D eigenvalue weighted by Crippen LogP contribution is 2.34. The van der Waals surface area contributed by atoms with Gasteiger partial charge in [-0.1, -0.05) is 11.3 Å². The molecule has 22 heavy (non-hydrogen) atoms. The van der Waals surface area contributed by atoms with Crippen molar-refractivity contribution < 1.29 is 17.6 Å². The van der Waals surface area contributed by atoms with Gasteiger partial charge in [0, 0.05) is 26.2 Å². The Bertz CT molecular complexity index is 636. The third-order valence-corrected chi connectivity index (χ3v) is 4.54. The van der Waals surface area contributed by atoms with Gasteiger partial charge in [0.05, 0.1) is 6.54 Å². The molecule has 10 heteroatoms. The first-order valence-electron chi connectivity index (χ1n) is 6.54. The van der Waals surface area contributed by atoms with Gasteiger partial charge in [0.1, 0.15) is 5.76 Å². The zero-order valence-electron chi connectivity index (χ0n) is 11.3. The fourth-order valence-corrected chi connectivity index (χ4v) is 3.14. The molecule has 0 N–H and O–H groups in total. The Morgan fingerprint density at radius 2 is 1.91 bits per heavy atom. The van der Waals surface area contributed by atoms with Crippen molar-refractivity contribution in [3.8, 4) is 0 Å². The second-order valence-corrected chi connectivity index (χ2v) is 6.19. The van der Waals surface area contributed by atoms with Crippen LogP contribution in [-0.2, 0) is 12.7 Å². The molecular formula is C12H12ClF3N4OS. The minimum atomic E-state index is -4.43. The molecule has 2 aromatic rings. The summed E-state index contributed by atoms with van der Waals surface area (Å²) in [5.74, 6) is 0.772. The van der Waals surface area contributed by atoms with Gasteiger partial charge in [-0.2, -0.15) is 13.2 Å². The quantitative estimate of drug-likeness (QED) is 0.849. The summed E-state index contributed by atoms with van der Waals surface area (Å²) in [6.07, 6.45) is -4.43. The van der Waals surface area contributed by atoms with Crippen molar-refractivity contribution in [2.75, 3.05) is 31.1 Å². The number of nitrogens with zero attached hydrogens (tertiary/aromatic N) is 4. The van der Waals surface area contributed by atoms with Crippen LogP contribution in [0.3, 0.4) is 0 Å². The highest BCUT2D eigenvalue weighted by atomic mass is 35.5. The van der Waals surface area contributed by atoms with Crippen molar-refractivity contribution in [3.05, 3.63) is 28.1 Å². The summed E-state index contributed by atoms with van der Waals surface area (Å²) in [5, 5.41) is 6.60. The van der Waals surface area contributed by atoms with E-state index in [9.17, 15) is 13.2 Å². The normalized spacial score (nSPS) is 17.2. The van der Waals surface area contributed by atoms with Gasteiger partial charge in [0.2, 0.25) is 10.1 Å². The minimum absolute atomic E-state index is 0.313. The Morgan fingerprint density at radius 1 is 1.18 bits per heavy atom. The van der Waals surface area contributed by atoms with Crippen molar-refractivity contribution in [2.45, 2.75) is 12.7 Å².